The molecule has 2 heteroatoms. The van der Waals surface area contributed by atoms with Crippen molar-refractivity contribution in [3.05, 3.63) is 53.8 Å². The number of hydrogen-bond donors (Lipinski definition) is 0. The van der Waals surface area contributed by atoms with Crippen LogP contribution >= 0.6 is 0 Å². The van der Waals surface area contributed by atoms with Crippen LogP contribution in [0.1, 0.15) is 12.5 Å². The van der Waals surface area contributed by atoms with Gasteiger partial charge in [0.05, 0.1) is 7.11 Å². The van der Waals surface area contributed by atoms with Crippen LogP contribution in [0, 0.1) is 5.82 Å². The average Bonchev–Trinajstić information content (AvgIpc) is 2.96. The molecule has 0 fully saturated rings. The second-order valence-corrected chi connectivity index (χ2v) is 3.86. The molecule has 17 heavy (non-hydrogen) atoms. The fourth-order valence-corrected chi connectivity index (χ4v) is 1.75. The molecule has 0 N–H and O–H groups in total. The van der Waals surface area contributed by atoms with Gasteiger partial charge in [0.25, 0.3) is 0 Å². The van der Waals surface area contributed by atoms with Crippen LogP contribution in [0.2, 0.25) is 0 Å². The van der Waals surface area contributed by atoms with Crippen molar-refractivity contribution < 1.29 is 9.13 Å². The molecular formula is C15H15FO. The molecule has 2 aliphatic carbocycles. The minimum atomic E-state index is -0.188. The number of hydrogen-bond acceptors (Lipinski definition) is 1. The normalized spacial score (nSPS) is 10.3. The molecule has 2 aliphatic rings. The third-order valence-corrected chi connectivity index (χ3v) is 2.76. The summed E-state index contributed by atoms with van der Waals surface area (Å²) in [5, 5.41) is 0. The lowest BCUT2D eigenvalue weighted by atomic mass is 10.1. The Hall–Kier alpha value is -1.83. The third-order valence-electron chi connectivity index (χ3n) is 2.76. The molecule has 0 saturated carbocycles. The molecule has 0 radical (unpaired) electrons. The second-order valence-electron chi connectivity index (χ2n) is 3.86. The SMILES string of the molecule is CCc1c(F)cccc1OC.c1cc2cc-2c1. The first-order valence-electron chi connectivity index (χ1n) is 5.68. The molecule has 1 nitrogen and oxygen atoms in total. The van der Waals surface area contributed by atoms with E-state index in [4.69, 9.17) is 4.74 Å². The van der Waals surface area contributed by atoms with E-state index in [1.807, 2.05) is 6.92 Å². The minimum Gasteiger partial charge on any atom is -0.496 e. The van der Waals surface area contributed by atoms with E-state index in [9.17, 15) is 4.39 Å². The summed E-state index contributed by atoms with van der Waals surface area (Å²) in [5.41, 5.74) is 3.50. The molecule has 88 valence electrons. The summed E-state index contributed by atoms with van der Waals surface area (Å²) in [5.74, 6) is 0.444. The van der Waals surface area contributed by atoms with Gasteiger partial charge in [0.2, 0.25) is 0 Å². The fraction of sp³-hybridized carbons (Fsp3) is 0.200. The lowest BCUT2D eigenvalue weighted by molar-refractivity contribution is 0.405. The largest absolute Gasteiger partial charge is 0.496 e. The highest BCUT2D eigenvalue weighted by molar-refractivity contribution is 5.80. The Kier molecular flexibility index (Phi) is 3.43. The zero-order chi connectivity index (χ0) is 12.3. The summed E-state index contributed by atoms with van der Waals surface area (Å²) in [4.78, 5) is 0. The van der Waals surface area contributed by atoms with Crippen molar-refractivity contribution in [1.82, 2.24) is 0 Å². The van der Waals surface area contributed by atoms with Gasteiger partial charge in [0, 0.05) is 5.56 Å². The van der Waals surface area contributed by atoms with E-state index < -0.39 is 0 Å². The van der Waals surface area contributed by atoms with Gasteiger partial charge in [-0.1, -0.05) is 31.2 Å². The van der Waals surface area contributed by atoms with Crippen LogP contribution in [0.3, 0.4) is 0 Å². The Morgan fingerprint density at radius 2 is 1.71 bits per heavy atom. The average molecular weight is 230 g/mol. The molecule has 0 amide bonds. The van der Waals surface area contributed by atoms with E-state index in [0.717, 1.165) is 0 Å². The lowest BCUT2D eigenvalue weighted by Crippen LogP contribution is -1.93. The van der Waals surface area contributed by atoms with Gasteiger partial charge < -0.3 is 4.74 Å². The Labute approximate surface area is 101 Å². The maximum Gasteiger partial charge on any atom is 0.130 e. The Balaban J connectivity index is 0.000000148. The van der Waals surface area contributed by atoms with Gasteiger partial charge in [-0.25, -0.2) is 4.39 Å². The molecule has 1 aromatic rings. The molecule has 1 aromatic carbocycles. The highest BCUT2D eigenvalue weighted by Crippen LogP contribution is 2.32. The number of rotatable bonds is 2. The molecular weight excluding hydrogens is 215 g/mol. The smallest absolute Gasteiger partial charge is 0.130 e. The maximum absolute atomic E-state index is 13.0. The Bertz CT molecular complexity index is 503. The molecule has 0 unspecified atom stereocenters. The summed E-state index contributed by atoms with van der Waals surface area (Å²) in [6.45, 7) is 1.90. The topological polar surface area (TPSA) is 9.23 Å². The van der Waals surface area contributed by atoms with Crippen LogP contribution < -0.4 is 4.74 Å². The van der Waals surface area contributed by atoms with Crippen molar-refractivity contribution >= 4 is 0 Å². The molecule has 0 saturated heterocycles. The van der Waals surface area contributed by atoms with Gasteiger partial charge >= 0.3 is 0 Å². The minimum absolute atomic E-state index is 0.188. The van der Waals surface area contributed by atoms with Crippen molar-refractivity contribution in [1.29, 1.82) is 0 Å². The predicted octanol–water partition coefficient (Wildman–Crippen LogP) is 4.06. The van der Waals surface area contributed by atoms with Crippen LogP contribution in [0.15, 0.2) is 42.5 Å². The maximum atomic E-state index is 13.0. The first-order valence-corrected chi connectivity index (χ1v) is 5.68. The first-order chi connectivity index (χ1) is 8.26. The summed E-state index contributed by atoms with van der Waals surface area (Å²) in [6, 6.07) is 13.3. The standard InChI is InChI=1S/C9H11FO.C6H4/c1-3-7-8(10)5-4-6-9(7)11-2;1-2-5-4-6(5)3-1/h4-6H,3H2,1-2H3;1-4H. The molecule has 0 aromatic heterocycles. The molecule has 3 rings (SSSR count). The van der Waals surface area contributed by atoms with E-state index >= 15 is 0 Å². The number of benzene rings is 2. The number of halogens is 1. The first kappa shape index (κ1) is 11.6. The van der Waals surface area contributed by atoms with E-state index in [-0.39, 0.29) is 5.82 Å². The summed E-state index contributed by atoms with van der Waals surface area (Å²) in [6.07, 6.45) is 0.663. The van der Waals surface area contributed by atoms with Gasteiger partial charge in [0.1, 0.15) is 11.6 Å². The molecule has 0 heterocycles. The summed E-state index contributed by atoms with van der Waals surface area (Å²) >= 11 is 0. The Morgan fingerprint density at radius 1 is 1.06 bits per heavy atom. The number of fused-ring (bicyclic) bond motifs is 1. The molecule has 0 aliphatic heterocycles. The molecule has 0 bridgehead atoms. The lowest BCUT2D eigenvalue weighted by Gasteiger charge is -2.05. The van der Waals surface area contributed by atoms with Crippen LogP contribution in [-0.4, -0.2) is 7.11 Å². The van der Waals surface area contributed by atoms with Gasteiger partial charge in [-0.2, -0.15) is 0 Å². The number of ether oxygens (including phenoxy) is 1. The fourth-order valence-electron chi connectivity index (χ4n) is 1.75. The van der Waals surface area contributed by atoms with E-state index in [2.05, 4.69) is 24.3 Å². The van der Waals surface area contributed by atoms with Crippen molar-refractivity contribution in [3.8, 4) is 16.9 Å². The molecule has 0 atom stereocenters. The highest BCUT2D eigenvalue weighted by Gasteiger charge is 2.07. The van der Waals surface area contributed by atoms with E-state index in [1.165, 1.54) is 17.2 Å². The van der Waals surface area contributed by atoms with Crippen LogP contribution in [0.25, 0.3) is 11.1 Å². The predicted molar refractivity (Wildman–Crippen MR) is 67.8 cm³/mol. The van der Waals surface area contributed by atoms with Crippen molar-refractivity contribution in [2.45, 2.75) is 13.3 Å². The third kappa shape index (κ3) is 2.64. The second kappa shape index (κ2) is 5.00. The zero-order valence-electron chi connectivity index (χ0n) is 10.0. The van der Waals surface area contributed by atoms with Crippen molar-refractivity contribution in [2.24, 2.45) is 0 Å². The summed E-state index contributed by atoms with van der Waals surface area (Å²) in [7, 11) is 1.55. The van der Waals surface area contributed by atoms with Gasteiger partial charge in [-0.3, -0.25) is 0 Å². The highest BCUT2D eigenvalue weighted by atomic mass is 19.1. The van der Waals surface area contributed by atoms with E-state index in [0.29, 0.717) is 17.7 Å². The van der Waals surface area contributed by atoms with Crippen molar-refractivity contribution in [2.75, 3.05) is 7.11 Å². The summed E-state index contributed by atoms with van der Waals surface area (Å²) < 4.78 is 17.9. The van der Waals surface area contributed by atoms with Gasteiger partial charge in [0.15, 0.2) is 0 Å². The molecule has 0 spiro atoms. The van der Waals surface area contributed by atoms with Crippen LogP contribution in [0.5, 0.6) is 5.75 Å². The van der Waals surface area contributed by atoms with Crippen LogP contribution in [0.4, 0.5) is 4.39 Å². The van der Waals surface area contributed by atoms with Gasteiger partial charge in [-0.15, -0.1) is 0 Å². The van der Waals surface area contributed by atoms with Crippen LogP contribution in [-0.2, 0) is 6.42 Å². The van der Waals surface area contributed by atoms with E-state index in [1.54, 1.807) is 19.2 Å². The monoisotopic (exact) mass is 230 g/mol. The quantitative estimate of drug-likeness (QED) is 0.645. The Morgan fingerprint density at radius 3 is 2.06 bits per heavy atom. The zero-order valence-corrected chi connectivity index (χ0v) is 10.0. The van der Waals surface area contributed by atoms with Crippen molar-refractivity contribution in [3.63, 3.8) is 0 Å². The number of methoxy groups -OCH3 is 1. The van der Waals surface area contributed by atoms with Gasteiger partial charge in [-0.05, 0) is 35.7 Å².